The molecular weight excluding hydrogens is 334 g/mol. The largest absolute Gasteiger partial charge is 0.460 e. The van der Waals surface area contributed by atoms with Gasteiger partial charge in [0.05, 0.1) is 17.8 Å². The van der Waals surface area contributed by atoms with Crippen molar-refractivity contribution in [2.45, 2.75) is 0 Å². The molecule has 1 amide bonds. The highest BCUT2D eigenvalue weighted by atomic mass is 32.1. The Balaban J connectivity index is 1.45. The fourth-order valence-corrected chi connectivity index (χ4v) is 4.97. The third-order valence-corrected chi connectivity index (χ3v) is 6.09. The van der Waals surface area contributed by atoms with Crippen molar-refractivity contribution in [1.29, 1.82) is 0 Å². The standard InChI is InChI=1S/C16H13NO4S2/c18-15(20-7-5-17-6-8-21-16(17)19)13-9-12-14(23-13)10-3-1-2-4-11(10)22-12/h1-4,9H,5-8H2. The van der Waals surface area contributed by atoms with Crippen LogP contribution in [0.5, 0.6) is 0 Å². The van der Waals surface area contributed by atoms with Crippen LogP contribution in [0.15, 0.2) is 30.3 Å². The minimum absolute atomic E-state index is 0.181. The second kappa shape index (κ2) is 5.82. The van der Waals surface area contributed by atoms with Crippen molar-refractivity contribution >= 4 is 54.2 Å². The van der Waals surface area contributed by atoms with Crippen LogP contribution in [-0.4, -0.2) is 43.3 Å². The molecule has 0 spiro atoms. The zero-order valence-corrected chi connectivity index (χ0v) is 13.7. The molecular formula is C16H13NO4S2. The molecule has 0 radical (unpaired) electrons. The summed E-state index contributed by atoms with van der Waals surface area (Å²) in [6.45, 7) is 1.51. The lowest BCUT2D eigenvalue weighted by molar-refractivity contribution is 0.0483. The van der Waals surface area contributed by atoms with Crippen molar-refractivity contribution in [3.05, 3.63) is 35.2 Å². The van der Waals surface area contributed by atoms with Crippen molar-refractivity contribution < 1.29 is 19.1 Å². The molecule has 0 unspecified atom stereocenters. The first-order chi connectivity index (χ1) is 11.2. The molecule has 0 saturated carbocycles. The summed E-state index contributed by atoms with van der Waals surface area (Å²) in [5.74, 6) is -0.338. The van der Waals surface area contributed by atoms with Crippen molar-refractivity contribution in [1.82, 2.24) is 4.90 Å². The molecule has 0 bridgehead atoms. The van der Waals surface area contributed by atoms with Gasteiger partial charge < -0.3 is 14.4 Å². The first-order valence-corrected chi connectivity index (χ1v) is 8.85. The fourth-order valence-electron chi connectivity index (χ4n) is 2.55. The van der Waals surface area contributed by atoms with E-state index in [0.717, 1.165) is 9.40 Å². The van der Waals surface area contributed by atoms with E-state index in [1.807, 2.05) is 18.2 Å². The third kappa shape index (κ3) is 2.66. The van der Waals surface area contributed by atoms with Crippen LogP contribution in [0.25, 0.3) is 19.5 Å². The summed E-state index contributed by atoms with van der Waals surface area (Å²) in [4.78, 5) is 25.6. The molecule has 1 aliphatic heterocycles. The highest BCUT2D eigenvalue weighted by Crippen LogP contribution is 2.39. The maximum Gasteiger partial charge on any atom is 0.410 e. The molecule has 7 heteroatoms. The van der Waals surface area contributed by atoms with Crippen LogP contribution in [0.3, 0.4) is 0 Å². The maximum atomic E-state index is 12.2. The van der Waals surface area contributed by atoms with Gasteiger partial charge in [0.25, 0.3) is 0 Å². The van der Waals surface area contributed by atoms with Crippen molar-refractivity contribution in [3.8, 4) is 0 Å². The molecule has 2 aromatic heterocycles. The second-order valence-corrected chi connectivity index (χ2v) is 7.28. The van der Waals surface area contributed by atoms with E-state index < -0.39 is 0 Å². The number of rotatable bonds is 4. The van der Waals surface area contributed by atoms with Gasteiger partial charge in [-0.3, -0.25) is 0 Å². The Bertz CT molecular complexity index is 898. The van der Waals surface area contributed by atoms with E-state index in [0.29, 0.717) is 24.6 Å². The average Bonchev–Trinajstić information content (AvgIpc) is 3.22. The van der Waals surface area contributed by atoms with Crippen LogP contribution in [0.1, 0.15) is 9.67 Å². The Labute approximate surface area is 140 Å². The van der Waals surface area contributed by atoms with Gasteiger partial charge in [-0.1, -0.05) is 18.2 Å². The first-order valence-electron chi connectivity index (χ1n) is 7.22. The second-order valence-electron chi connectivity index (χ2n) is 5.14. The molecule has 23 heavy (non-hydrogen) atoms. The molecule has 5 nitrogen and oxygen atoms in total. The predicted octanol–water partition coefficient (Wildman–Crippen LogP) is 3.73. The molecule has 0 N–H and O–H groups in total. The van der Waals surface area contributed by atoms with E-state index in [1.165, 1.54) is 26.3 Å². The van der Waals surface area contributed by atoms with E-state index >= 15 is 0 Å². The van der Waals surface area contributed by atoms with Gasteiger partial charge >= 0.3 is 12.1 Å². The van der Waals surface area contributed by atoms with Gasteiger partial charge in [0.2, 0.25) is 0 Å². The molecule has 1 fully saturated rings. The number of fused-ring (bicyclic) bond motifs is 3. The summed E-state index contributed by atoms with van der Waals surface area (Å²) < 4.78 is 13.6. The van der Waals surface area contributed by atoms with Crippen LogP contribution in [-0.2, 0) is 9.47 Å². The van der Waals surface area contributed by atoms with Gasteiger partial charge in [-0.05, 0) is 12.1 Å². The SMILES string of the molecule is O=C(OCCN1CCOC1=O)c1cc2sc3ccccc3c2s1. The minimum atomic E-state index is -0.343. The highest BCUT2D eigenvalue weighted by Gasteiger charge is 2.22. The molecule has 3 aromatic rings. The van der Waals surface area contributed by atoms with Crippen molar-refractivity contribution in [2.75, 3.05) is 26.3 Å². The molecule has 118 valence electrons. The molecule has 1 aromatic carbocycles. The van der Waals surface area contributed by atoms with Gasteiger partial charge in [-0.15, -0.1) is 22.7 Å². The Morgan fingerprint density at radius 2 is 2.13 bits per heavy atom. The zero-order valence-electron chi connectivity index (χ0n) is 12.1. The Morgan fingerprint density at radius 1 is 1.26 bits per heavy atom. The predicted molar refractivity (Wildman–Crippen MR) is 90.4 cm³/mol. The minimum Gasteiger partial charge on any atom is -0.460 e. The van der Waals surface area contributed by atoms with Crippen molar-refractivity contribution in [2.24, 2.45) is 0 Å². The van der Waals surface area contributed by atoms with Crippen LogP contribution < -0.4 is 0 Å². The summed E-state index contributed by atoms with van der Waals surface area (Å²) in [5.41, 5.74) is 0. The van der Waals surface area contributed by atoms with Crippen LogP contribution in [0.2, 0.25) is 0 Å². The Kier molecular flexibility index (Phi) is 3.66. The van der Waals surface area contributed by atoms with E-state index in [4.69, 9.17) is 9.47 Å². The van der Waals surface area contributed by atoms with Crippen LogP contribution in [0, 0.1) is 0 Å². The number of nitrogens with zero attached hydrogens (tertiary/aromatic N) is 1. The lowest BCUT2D eigenvalue weighted by atomic mass is 10.2. The molecule has 4 rings (SSSR count). The van der Waals surface area contributed by atoms with E-state index in [-0.39, 0.29) is 18.7 Å². The van der Waals surface area contributed by atoms with Crippen LogP contribution >= 0.6 is 22.7 Å². The first kappa shape index (κ1) is 14.5. The molecule has 0 aliphatic carbocycles. The van der Waals surface area contributed by atoms with Gasteiger partial charge in [0.1, 0.15) is 18.1 Å². The maximum absolute atomic E-state index is 12.2. The highest BCUT2D eigenvalue weighted by molar-refractivity contribution is 7.33. The quantitative estimate of drug-likeness (QED) is 0.675. The van der Waals surface area contributed by atoms with E-state index in [1.54, 1.807) is 11.3 Å². The number of carbonyl (C=O) groups is 2. The fraction of sp³-hybridized carbons (Fsp3) is 0.250. The third-order valence-electron chi connectivity index (χ3n) is 3.69. The number of hydrogen-bond donors (Lipinski definition) is 0. The summed E-state index contributed by atoms with van der Waals surface area (Å²) in [6.07, 6.45) is -0.343. The lowest BCUT2D eigenvalue weighted by Crippen LogP contribution is -2.28. The Hall–Kier alpha value is -2.12. The monoisotopic (exact) mass is 347 g/mol. The number of cyclic esters (lactones) is 1. The summed E-state index contributed by atoms with van der Waals surface area (Å²) in [7, 11) is 0. The lowest BCUT2D eigenvalue weighted by Gasteiger charge is -2.11. The molecule has 0 atom stereocenters. The summed E-state index contributed by atoms with van der Waals surface area (Å²) in [5, 5.41) is 1.18. The normalized spacial score (nSPS) is 14.6. The molecule has 3 heterocycles. The topological polar surface area (TPSA) is 55.8 Å². The van der Waals surface area contributed by atoms with Gasteiger partial charge in [0.15, 0.2) is 0 Å². The Morgan fingerprint density at radius 3 is 2.96 bits per heavy atom. The number of esters is 1. The number of carbonyl (C=O) groups excluding carboxylic acids is 2. The molecule has 1 aliphatic rings. The number of amides is 1. The van der Waals surface area contributed by atoms with Crippen LogP contribution in [0.4, 0.5) is 4.79 Å². The average molecular weight is 347 g/mol. The van der Waals surface area contributed by atoms with Gasteiger partial charge in [-0.2, -0.15) is 0 Å². The smallest absolute Gasteiger partial charge is 0.410 e. The van der Waals surface area contributed by atoms with Gasteiger partial charge in [0, 0.05) is 14.8 Å². The van der Waals surface area contributed by atoms with E-state index in [9.17, 15) is 9.59 Å². The number of hydrogen-bond acceptors (Lipinski definition) is 6. The van der Waals surface area contributed by atoms with E-state index in [2.05, 4.69) is 12.1 Å². The zero-order chi connectivity index (χ0) is 15.8. The summed E-state index contributed by atoms with van der Waals surface area (Å²) >= 11 is 3.13. The number of benzene rings is 1. The number of thiophene rings is 2. The summed E-state index contributed by atoms with van der Waals surface area (Å²) in [6, 6.07) is 10.1. The van der Waals surface area contributed by atoms with Gasteiger partial charge in [-0.25, -0.2) is 9.59 Å². The molecule has 1 saturated heterocycles. The number of ether oxygens (including phenoxy) is 2. The van der Waals surface area contributed by atoms with Crippen molar-refractivity contribution in [3.63, 3.8) is 0 Å².